The number of pyridine rings is 1. The molecule has 22 heavy (non-hydrogen) atoms. The number of hydrogen-bond acceptors (Lipinski definition) is 4. The molecule has 0 radical (unpaired) electrons. The van der Waals surface area contributed by atoms with Gasteiger partial charge in [-0.15, -0.1) is 0 Å². The molecule has 4 rings (SSSR count). The Morgan fingerprint density at radius 3 is 2.82 bits per heavy atom. The summed E-state index contributed by atoms with van der Waals surface area (Å²) >= 11 is 7.65. The van der Waals surface area contributed by atoms with Crippen LogP contribution in [0.2, 0.25) is 5.02 Å². The molecule has 7 heteroatoms. The fourth-order valence-electron chi connectivity index (χ4n) is 2.20. The third kappa shape index (κ3) is 2.13. The van der Waals surface area contributed by atoms with Gasteiger partial charge in [0.1, 0.15) is 0 Å². The van der Waals surface area contributed by atoms with Crippen molar-refractivity contribution < 1.29 is 4.79 Å². The van der Waals surface area contributed by atoms with Crippen LogP contribution in [0.3, 0.4) is 0 Å². The minimum absolute atomic E-state index is 0.187. The van der Waals surface area contributed by atoms with Crippen molar-refractivity contribution in [1.82, 2.24) is 14.6 Å². The Morgan fingerprint density at radius 2 is 2.00 bits per heavy atom. The van der Waals surface area contributed by atoms with E-state index in [0.29, 0.717) is 15.7 Å². The Hall–Kier alpha value is -2.44. The number of halogens is 1. The zero-order valence-corrected chi connectivity index (χ0v) is 12.7. The van der Waals surface area contributed by atoms with Crippen molar-refractivity contribution in [3.8, 4) is 0 Å². The smallest absolute Gasteiger partial charge is 0.279 e. The van der Waals surface area contributed by atoms with Gasteiger partial charge in [0.25, 0.3) is 5.91 Å². The van der Waals surface area contributed by atoms with Gasteiger partial charge in [0.2, 0.25) is 0 Å². The summed E-state index contributed by atoms with van der Waals surface area (Å²) in [5.74, 6) is -0.368. The number of carbonyl (C=O) groups is 1. The molecule has 0 saturated heterocycles. The van der Waals surface area contributed by atoms with Gasteiger partial charge in [-0.3, -0.25) is 10.1 Å². The zero-order chi connectivity index (χ0) is 15.1. The van der Waals surface area contributed by atoms with Gasteiger partial charge in [-0.2, -0.15) is 5.10 Å². The first-order valence-electron chi connectivity index (χ1n) is 6.52. The number of carbonyl (C=O) groups excluding carboxylic acids is 1. The first-order valence-corrected chi connectivity index (χ1v) is 7.71. The number of thiazole rings is 1. The SMILES string of the molecule is O=C(Nc1nc2ccccc2s1)c1nn2ccccc2c1Cl. The number of hydrogen-bond donors (Lipinski definition) is 1. The fraction of sp³-hybridized carbons (Fsp3) is 0. The molecule has 0 saturated carbocycles. The lowest BCUT2D eigenvalue weighted by Gasteiger charge is -1.97. The number of nitrogens with zero attached hydrogens (tertiary/aromatic N) is 3. The maximum atomic E-state index is 12.4. The van der Waals surface area contributed by atoms with Crippen molar-refractivity contribution in [1.29, 1.82) is 0 Å². The maximum absolute atomic E-state index is 12.4. The van der Waals surface area contributed by atoms with Gasteiger partial charge in [0, 0.05) is 6.20 Å². The lowest BCUT2D eigenvalue weighted by atomic mass is 10.3. The van der Waals surface area contributed by atoms with Gasteiger partial charge in [0.05, 0.1) is 20.8 Å². The Morgan fingerprint density at radius 1 is 1.18 bits per heavy atom. The first kappa shape index (κ1) is 13.2. The summed E-state index contributed by atoms with van der Waals surface area (Å²) in [6.07, 6.45) is 1.75. The second-order valence-corrected chi connectivity index (χ2v) is 6.04. The molecule has 0 unspecified atom stereocenters. The minimum Gasteiger partial charge on any atom is -0.296 e. The van der Waals surface area contributed by atoms with Crippen molar-refractivity contribution in [3.05, 3.63) is 59.4 Å². The van der Waals surface area contributed by atoms with Crippen molar-refractivity contribution in [2.75, 3.05) is 5.32 Å². The number of fused-ring (bicyclic) bond motifs is 2. The van der Waals surface area contributed by atoms with Crippen molar-refractivity contribution in [2.24, 2.45) is 0 Å². The standard InChI is InChI=1S/C15H9ClN4OS/c16-12-10-6-3-4-8-20(10)19-13(12)14(21)18-15-17-9-5-1-2-7-11(9)22-15/h1-8H,(H,17,18,21). The van der Waals surface area contributed by atoms with Gasteiger partial charge < -0.3 is 0 Å². The van der Waals surface area contributed by atoms with Crippen LogP contribution in [0.4, 0.5) is 5.13 Å². The number of aromatic nitrogens is 3. The molecule has 108 valence electrons. The van der Waals surface area contributed by atoms with E-state index in [2.05, 4.69) is 15.4 Å². The Labute approximate surface area is 134 Å². The Balaban J connectivity index is 1.69. The quantitative estimate of drug-likeness (QED) is 0.608. The molecular weight excluding hydrogens is 320 g/mol. The predicted octanol–water partition coefficient (Wildman–Crippen LogP) is 3.85. The number of nitrogens with one attached hydrogen (secondary N) is 1. The zero-order valence-electron chi connectivity index (χ0n) is 11.2. The molecule has 0 atom stereocenters. The summed E-state index contributed by atoms with van der Waals surface area (Å²) < 4.78 is 2.59. The van der Waals surface area contributed by atoms with Gasteiger partial charge in [0.15, 0.2) is 10.8 Å². The molecule has 3 heterocycles. The number of rotatable bonds is 2. The fourth-order valence-corrected chi connectivity index (χ4v) is 3.33. The number of para-hydroxylation sites is 1. The monoisotopic (exact) mass is 328 g/mol. The van der Waals surface area contributed by atoms with Crippen molar-refractivity contribution in [3.63, 3.8) is 0 Å². The summed E-state index contributed by atoms with van der Waals surface area (Å²) in [7, 11) is 0. The maximum Gasteiger partial charge on any atom is 0.279 e. The van der Waals surface area contributed by atoms with Crippen LogP contribution in [-0.2, 0) is 0 Å². The highest BCUT2D eigenvalue weighted by atomic mass is 35.5. The van der Waals surface area contributed by atoms with Gasteiger partial charge >= 0.3 is 0 Å². The molecule has 5 nitrogen and oxygen atoms in total. The van der Waals surface area contributed by atoms with E-state index in [1.165, 1.54) is 11.3 Å². The highest BCUT2D eigenvalue weighted by Gasteiger charge is 2.19. The third-order valence-corrected chi connectivity index (χ3v) is 4.53. The second-order valence-electron chi connectivity index (χ2n) is 4.63. The molecule has 0 aliphatic rings. The summed E-state index contributed by atoms with van der Waals surface area (Å²) in [6, 6.07) is 13.2. The van der Waals surface area contributed by atoms with E-state index in [-0.39, 0.29) is 11.6 Å². The third-order valence-electron chi connectivity index (χ3n) is 3.21. The van der Waals surface area contributed by atoms with E-state index in [0.717, 1.165) is 10.2 Å². The van der Waals surface area contributed by atoms with Crippen LogP contribution in [0.15, 0.2) is 48.7 Å². The van der Waals surface area contributed by atoms with Crippen molar-refractivity contribution in [2.45, 2.75) is 0 Å². The molecule has 0 bridgehead atoms. The molecule has 0 spiro atoms. The number of amides is 1. The van der Waals surface area contributed by atoms with E-state index in [1.807, 2.05) is 42.5 Å². The van der Waals surface area contributed by atoms with Crippen LogP contribution in [-0.4, -0.2) is 20.5 Å². The lowest BCUT2D eigenvalue weighted by molar-refractivity contribution is 0.102. The average molecular weight is 329 g/mol. The molecule has 3 aromatic heterocycles. The summed E-state index contributed by atoms with van der Waals surface area (Å²) in [6.45, 7) is 0. The summed E-state index contributed by atoms with van der Waals surface area (Å²) in [4.78, 5) is 16.7. The van der Waals surface area contributed by atoms with Gasteiger partial charge in [-0.05, 0) is 24.3 Å². The van der Waals surface area contributed by atoms with Crippen LogP contribution in [0.1, 0.15) is 10.5 Å². The van der Waals surface area contributed by atoms with E-state index in [4.69, 9.17) is 11.6 Å². The predicted molar refractivity (Wildman–Crippen MR) is 87.8 cm³/mol. The number of anilines is 1. The van der Waals surface area contributed by atoms with E-state index in [1.54, 1.807) is 10.7 Å². The highest BCUT2D eigenvalue weighted by molar-refractivity contribution is 7.22. The molecule has 1 amide bonds. The lowest BCUT2D eigenvalue weighted by Crippen LogP contribution is -2.12. The van der Waals surface area contributed by atoms with Crippen LogP contribution in [0.25, 0.3) is 15.7 Å². The molecule has 4 aromatic rings. The molecule has 0 aliphatic heterocycles. The Kier molecular flexibility index (Phi) is 3.06. The second kappa shape index (κ2) is 5.08. The van der Waals surface area contributed by atoms with E-state index in [9.17, 15) is 4.79 Å². The first-order chi connectivity index (χ1) is 10.7. The molecule has 0 aliphatic carbocycles. The van der Waals surface area contributed by atoms with Crippen LogP contribution < -0.4 is 5.32 Å². The van der Waals surface area contributed by atoms with E-state index < -0.39 is 0 Å². The molecule has 1 N–H and O–H groups in total. The van der Waals surface area contributed by atoms with Gasteiger partial charge in [-0.1, -0.05) is 41.1 Å². The Bertz CT molecular complexity index is 974. The van der Waals surface area contributed by atoms with E-state index >= 15 is 0 Å². The van der Waals surface area contributed by atoms with Crippen LogP contribution in [0.5, 0.6) is 0 Å². The van der Waals surface area contributed by atoms with Crippen LogP contribution in [0, 0.1) is 0 Å². The minimum atomic E-state index is -0.368. The van der Waals surface area contributed by atoms with Crippen LogP contribution >= 0.6 is 22.9 Å². The van der Waals surface area contributed by atoms with Crippen molar-refractivity contribution >= 4 is 49.7 Å². The normalized spacial score (nSPS) is 11.1. The summed E-state index contributed by atoms with van der Waals surface area (Å²) in [5, 5.41) is 7.83. The topological polar surface area (TPSA) is 59.3 Å². The average Bonchev–Trinajstić information content (AvgIpc) is 3.08. The van der Waals surface area contributed by atoms with Gasteiger partial charge in [-0.25, -0.2) is 9.50 Å². The highest BCUT2D eigenvalue weighted by Crippen LogP contribution is 2.27. The summed E-state index contributed by atoms with van der Waals surface area (Å²) in [5.41, 5.74) is 1.73. The largest absolute Gasteiger partial charge is 0.296 e. The number of benzene rings is 1. The molecule has 1 aromatic carbocycles. The molecule has 0 fully saturated rings. The molecular formula is C15H9ClN4OS.